The minimum atomic E-state index is -3.09. The number of hydrogen-bond acceptors (Lipinski definition) is 4. The Labute approximate surface area is 115 Å². The van der Waals surface area contributed by atoms with Gasteiger partial charge in [-0.05, 0) is 32.7 Å². The van der Waals surface area contributed by atoms with Crippen molar-refractivity contribution in [3.05, 3.63) is 0 Å². The van der Waals surface area contributed by atoms with E-state index in [0.717, 1.165) is 13.0 Å². The largest absolute Gasteiger partial charge is 0.353 e. The Hall–Kier alpha value is -0.660. The van der Waals surface area contributed by atoms with Crippen molar-refractivity contribution in [1.82, 2.24) is 14.9 Å². The predicted octanol–water partition coefficient (Wildman–Crippen LogP) is -0.475. The highest BCUT2D eigenvalue weighted by Gasteiger charge is 2.32. The predicted molar refractivity (Wildman–Crippen MR) is 73.2 cm³/mol. The lowest BCUT2D eigenvalue weighted by atomic mass is 9.99. The molecule has 2 aliphatic heterocycles. The van der Waals surface area contributed by atoms with Crippen LogP contribution in [0.3, 0.4) is 0 Å². The molecule has 1 amide bonds. The van der Waals surface area contributed by atoms with Crippen molar-refractivity contribution in [2.45, 2.75) is 38.3 Å². The van der Waals surface area contributed by atoms with Gasteiger partial charge in [-0.3, -0.25) is 4.79 Å². The lowest BCUT2D eigenvalue weighted by molar-refractivity contribution is -0.126. The van der Waals surface area contributed by atoms with Gasteiger partial charge in [0.2, 0.25) is 15.9 Å². The van der Waals surface area contributed by atoms with E-state index in [4.69, 9.17) is 0 Å². The van der Waals surface area contributed by atoms with Crippen LogP contribution in [-0.4, -0.2) is 56.6 Å². The third-order valence-electron chi connectivity index (χ3n) is 4.13. The highest BCUT2D eigenvalue weighted by Crippen LogP contribution is 2.18. The number of rotatable bonds is 3. The van der Waals surface area contributed by atoms with E-state index in [0.29, 0.717) is 25.9 Å². The molecule has 2 rings (SSSR count). The zero-order chi connectivity index (χ0) is 14.0. The second-order valence-corrected chi connectivity index (χ2v) is 7.57. The summed E-state index contributed by atoms with van der Waals surface area (Å²) in [6.45, 7) is 3.93. The fraction of sp³-hybridized carbons (Fsp3) is 0.917. The molecule has 0 aromatic heterocycles. The van der Waals surface area contributed by atoms with E-state index in [9.17, 15) is 13.2 Å². The Morgan fingerprint density at radius 3 is 2.37 bits per heavy atom. The fourth-order valence-electron chi connectivity index (χ4n) is 2.86. The maximum Gasteiger partial charge on any atom is 0.224 e. The Morgan fingerprint density at radius 1 is 1.26 bits per heavy atom. The summed E-state index contributed by atoms with van der Waals surface area (Å²) >= 11 is 0. The van der Waals surface area contributed by atoms with Gasteiger partial charge in [-0.2, -0.15) is 0 Å². The summed E-state index contributed by atoms with van der Waals surface area (Å²) in [6.07, 6.45) is 3.52. The van der Waals surface area contributed by atoms with Crippen LogP contribution in [0.15, 0.2) is 0 Å². The van der Waals surface area contributed by atoms with Crippen LogP contribution in [-0.2, 0) is 14.8 Å². The Morgan fingerprint density at radius 2 is 1.89 bits per heavy atom. The summed E-state index contributed by atoms with van der Waals surface area (Å²) in [7, 11) is -3.09. The van der Waals surface area contributed by atoms with Crippen molar-refractivity contribution in [2.24, 2.45) is 5.92 Å². The van der Waals surface area contributed by atoms with Crippen molar-refractivity contribution >= 4 is 15.9 Å². The monoisotopic (exact) mass is 289 g/mol. The first kappa shape index (κ1) is 14.7. The fourth-order valence-corrected chi connectivity index (χ4v) is 3.73. The number of carbonyl (C=O) groups excluding carboxylic acids is 1. The van der Waals surface area contributed by atoms with Gasteiger partial charge in [0.15, 0.2) is 0 Å². The number of sulfonamides is 1. The van der Waals surface area contributed by atoms with Crippen LogP contribution in [0.1, 0.15) is 26.2 Å². The van der Waals surface area contributed by atoms with Gasteiger partial charge in [0, 0.05) is 25.2 Å². The van der Waals surface area contributed by atoms with Gasteiger partial charge < -0.3 is 10.6 Å². The maximum atomic E-state index is 12.1. The van der Waals surface area contributed by atoms with Gasteiger partial charge in [0.1, 0.15) is 0 Å². The zero-order valence-corrected chi connectivity index (χ0v) is 12.4. The second kappa shape index (κ2) is 5.76. The van der Waals surface area contributed by atoms with Crippen LogP contribution in [0.2, 0.25) is 0 Å². The molecule has 0 radical (unpaired) electrons. The first-order chi connectivity index (χ1) is 8.88. The van der Waals surface area contributed by atoms with Gasteiger partial charge in [-0.15, -0.1) is 0 Å². The molecule has 2 N–H and O–H groups in total. The minimum absolute atomic E-state index is 0.0490. The molecular weight excluding hydrogens is 266 g/mol. The maximum absolute atomic E-state index is 12.1. The molecule has 2 fully saturated rings. The summed E-state index contributed by atoms with van der Waals surface area (Å²) in [5.41, 5.74) is 0. The van der Waals surface area contributed by atoms with Gasteiger partial charge >= 0.3 is 0 Å². The molecule has 6 nitrogen and oxygen atoms in total. The van der Waals surface area contributed by atoms with Crippen LogP contribution < -0.4 is 10.6 Å². The third kappa shape index (κ3) is 3.67. The number of hydrogen-bond donors (Lipinski definition) is 2. The van der Waals surface area contributed by atoms with Gasteiger partial charge in [-0.1, -0.05) is 0 Å². The summed E-state index contributed by atoms with van der Waals surface area (Å²) in [5, 5.41) is 6.33. The quantitative estimate of drug-likeness (QED) is 0.736. The van der Waals surface area contributed by atoms with E-state index in [2.05, 4.69) is 10.6 Å². The molecule has 2 heterocycles. The molecule has 2 atom stereocenters. The highest BCUT2D eigenvalue weighted by atomic mass is 32.2. The average Bonchev–Trinajstić information content (AvgIpc) is 2.75. The molecule has 0 aromatic carbocycles. The normalized spacial score (nSPS) is 30.4. The third-order valence-corrected chi connectivity index (χ3v) is 5.43. The Balaban J connectivity index is 1.81. The van der Waals surface area contributed by atoms with Gasteiger partial charge in [0.05, 0.1) is 12.2 Å². The topological polar surface area (TPSA) is 78.5 Å². The van der Waals surface area contributed by atoms with Crippen molar-refractivity contribution in [2.75, 3.05) is 25.9 Å². The average molecular weight is 289 g/mol. The van der Waals surface area contributed by atoms with Crippen LogP contribution in [0.5, 0.6) is 0 Å². The molecule has 2 saturated heterocycles. The van der Waals surface area contributed by atoms with E-state index in [1.807, 2.05) is 6.92 Å². The summed E-state index contributed by atoms with van der Waals surface area (Å²) in [5.74, 6) is 0.156. The molecule has 0 saturated carbocycles. The number of carbonyl (C=O) groups is 1. The van der Waals surface area contributed by atoms with Crippen molar-refractivity contribution in [3.63, 3.8) is 0 Å². The molecule has 19 heavy (non-hydrogen) atoms. The van der Waals surface area contributed by atoms with Gasteiger partial charge in [0.25, 0.3) is 0 Å². The summed E-state index contributed by atoms with van der Waals surface area (Å²) in [6, 6.07) is 0.342. The first-order valence-electron chi connectivity index (χ1n) is 6.87. The summed E-state index contributed by atoms with van der Waals surface area (Å²) < 4.78 is 24.3. The van der Waals surface area contributed by atoms with Crippen LogP contribution in [0.4, 0.5) is 0 Å². The number of piperidine rings is 1. The number of nitrogens with one attached hydrogen (secondary N) is 2. The Bertz CT molecular complexity index is 430. The molecule has 0 bridgehead atoms. The molecule has 0 aromatic rings. The van der Waals surface area contributed by atoms with E-state index in [1.54, 1.807) is 0 Å². The zero-order valence-electron chi connectivity index (χ0n) is 11.6. The molecule has 7 heteroatoms. The molecule has 2 unspecified atom stereocenters. The molecule has 110 valence electrons. The second-order valence-electron chi connectivity index (χ2n) is 5.58. The van der Waals surface area contributed by atoms with Crippen LogP contribution in [0, 0.1) is 5.92 Å². The number of nitrogens with zero attached hydrogens (tertiary/aromatic N) is 1. The van der Waals surface area contributed by atoms with Crippen molar-refractivity contribution in [3.8, 4) is 0 Å². The molecular formula is C12H23N3O3S. The number of amides is 1. The van der Waals surface area contributed by atoms with Crippen LogP contribution >= 0.6 is 0 Å². The molecule has 0 aliphatic carbocycles. The minimum Gasteiger partial charge on any atom is -0.353 e. The van der Waals surface area contributed by atoms with Crippen LogP contribution in [0.25, 0.3) is 0 Å². The highest BCUT2D eigenvalue weighted by molar-refractivity contribution is 7.88. The van der Waals surface area contributed by atoms with Gasteiger partial charge in [-0.25, -0.2) is 12.7 Å². The smallest absolute Gasteiger partial charge is 0.224 e. The molecule has 2 aliphatic rings. The van der Waals surface area contributed by atoms with E-state index in [-0.39, 0.29) is 23.9 Å². The lowest BCUT2D eigenvalue weighted by Gasteiger charge is -2.31. The summed E-state index contributed by atoms with van der Waals surface area (Å²) in [4.78, 5) is 12.1. The van der Waals surface area contributed by atoms with E-state index < -0.39 is 10.0 Å². The lowest BCUT2D eigenvalue weighted by Crippen LogP contribution is -2.48. The van der Waals surface area contributed by atoms with Crippen molar-refractivity contribution in [1.29, 1.82) is 0 Å². The Kier molecular flexibility index (Phi) is 4.47. The SMILES string of the molecule is CC1NCCC1C(=O)NC1CCN(S(C)(=O)=O)CC1. The van der Waals surface area contributed by atoms with E-state index in [1.165, 1.54) is 10.6 Å². The van der Waals surface area contributed by atoms with Crippen molar-refractivity contribution < 1.29 is 13.2 Å². The molecule has 0 spiro atoms. The first-order valence-corrected chi connectivity index (χ1v) is 8.71. The standard InChI is InChI=1S/C12H23N3O3S/c1-9-11(3-6-13-9)12(16)14-10-4-7-15(8-5-10)19(2,17)18/h9-11,13H,3-8H2,1-2H3,(H,14,16). The van der Waals surface area contributed by atoms with E-state index >= 15 is 0 Å².